The van der Waals surface area contributed by atoms with Gasteiger partial charge in [-0.3, -0.25) is 9.59 Å². The Bertz CT molecular complexity index is 728. The summed E-state index contributed by atoms with van der Waals surface area (Å²) in [5, 5.41) is 13.3. The van der Waals surface area contributed by atoms with E-state index in [9.17, 15) is 14.9 Å². The summed E-state index contributed by atoms with van der Waals surface area (Å²) in [5.74, 6) is -1.16. The molecule has 0 bridgehead atoms. The molecular formula is C15H12Cl2N2O3S. The zero-order chi connectivity index (χ0) is 17.0. The van der Waals surface area contributed by atoms with Gasteiger partial charge in [-0.1, -0.05) is 41.0 Å². The van der Waals surface area contributed by atoms with Crippen LogP contribution < -0.4 is 5.32 Å². The molecule has 1 heterocycles. The highest BCUT2D eigenvalue weighted by Gasteiger charge is 2.31. The van der Waals surface area contributed by atoms with E-state index in [1.165, 1.54) is 7.11 Å². The Morgan fingerprint density at radius 2 is 2.26 bits per heavy atom. The molecule has 23 heavy (non-hydrogen) atoms. The summed E-state index contributed by atoms with van der Waals surface area (Å²) >= 11 is 13.1. The first-order chi connectivity index (χ1) is 11.0. The highest BCUT2D eigenvalue weighted by molar-refractivity contribution is 8.03. The molecular weight excluding hydrogens is 359 g/mol. The summed E-state index contributed by atoms with van der Waals surface area (Å²) in [6, 6.07) is 7.04. The number of amides is 1. The predicted octanol–water partition coefficient (Wildman–Crippen LogP) is 3.24. The van der Waals surface area contributed by atoms with E-state index >= 15 is 0 Å². The Labute approximate surface area is 147 Å². The molecule has 1 aliphatic heterocycles. The van der Waals surface area contributed by atoms with Gasteiger partial charge in [0.15, 0.2) is 0 Å². The van der Waals surface area contributed by atoms with Crippen molar-refractivity contribution >= 4 is 46.8 Å². The fourth-order valence-electron chi connectivity index (χ4n) is 2.17. The Balaban J connectivity index is 2.39. The molecule has 2 rings (SSSR count). The monoisotopic (exact) mass is 370 g/mol. The van der Waals surface area contributed by atoms with E-state index in [2.05, 4.69) is 16.1 Å². The fraction of sp³-hybridized carbons (Fsp3) is 0.267. The molecule has 1 aromatic rings. The Morgan fingerprint density at radius 3 is 2.87 bits per heavy atom. The number of thioether (sulfide) groups is 1. The average molecular weight is 371 g/mol. The molecule has 1 N–H and O–H groups in total. The third-order valence-electron chi connectivity index (χ3n) is 3.26. The van der Waals surface area contributed by atoms with Crippen LogP contribution in [0.4, 0.5) is 0 Å². The molecule has 0 saturated carbocycles. The van der Waals surface area contributed by atoms with Gasteiger partial charge in [-0.2, -0.15) is 5.26 Å². The molecule has 0 fully saturated rings. The van der Waals surface area contributed by atoms with Gasteiger partial charge < -0.3 is 10.1 Å². The number of nitrogens with one attached hydrogen (secondary N) is 1. The minimum absolute atomic E-state index is 0.00162. The summed E-state index contributed by atoms with van der Waals surface area (Å²) in [6.07, 6.45) is 0.104. The number of nitriles is 1. The van der Waals surface area contributed by atoms with Gasteiger partial charge in [-0.15, -0.1) is 0 Å². The zero-order valence-corrected chi connectivity index (χ0v) is 14.4. The number of hydrogen-bond acceptors (Lipinski definition) is 5. The van der Waals surface area contributed by atoms with Gasteiger partial charge in [-0.25, -0.2) is 0 Å². The highest BCUT2D eigenvalue weighted by Crippen LogP contribution is 2.39. The summed E-state index contributed by atoms with van der Waals surface area (Å²) in [6.45, 7) is 0. The number of rotatable bonds is 4. The topological polar surface area (TPSA) is 79.2 Å². The van der Waals surface area contributed by atoms with E-state index in [0.29, 0.717) is 26.2 Å². The number of ether oxygens (including phenoxy) is 1. The molecule has 5 nitrogen and oxygen atoms in total. The van der Waals surface area contributed by atoms with Crippen LogP contribution in [0.15, 0.2) is 28.8 Å². The first-order valence-corrected chi connectivity index (χ1v) is 8.29. The maximum atomic E-state index is 12.0. The number of methoxy groups -OCH3 is 1. The molecule has 0 unspecified atom stereocenters. The van der Waals surface area contributed by atoms with Crippen LogP contribution in [-0.2, 0) is 14.3 Å². The number of halogens is 2. The van der Waals surface area contributed by atoms with Gasteiger partial charge in [-0.05, 0) is 17.7 Å². The number of carbonyl (C=O) groups is 2. The van der Waals surface area contributed by atoms with Crippen molar-refractivity contribution < 1.29 is 14.3 Å². The maximum Gasteiger partial charge on any atom is 0.316 e. The smallest absolute Gasteiger partial charge is 0.316 e. The van der Waals surface area contributed by atoms with Crippen LogP contribution in [0.2, 0.25) is 10.0 Å². The summed E-state index contributed by atoms with van der Waals surface area (Å²) in [5.41, 5.74) is 1.02. The fourth-order valence-corrected chi connectivity index (χ4v) is 3.62. The van der Waals surface area contributed by atoms with E-state index in [1.807, 2.05) is 0 Å². The molecule has 1 aromatic carbocycles. The quantitative estimate of drug-likeness (QED) is 0.822. The number of carbonyl (C=O) groups excluding carboxylic acids is 2. The van der Waals surface area contributed by atoms with Gasteiger partial charge in [0.2, 0.25) is 5.91 Å². The standard InChI is InChI=1S/C15H12Cl2N2O3S/c1-22-14(21)7-23-15-11(6-18)10(5-13(20)19-15)9-3-2-8(16)4-12(9)17/h2-4,10H,5,7H2,1H3,(H,19,20)/t10-/m1/s1. The van der Waals surface area contributed by atoms with E-state index in [-0.39, 0.29) is 18.1 Å². The summed E-state index contributed by atoms with van der Waals surface area (Å²) in [4.78, 5) is 23.2. The maximum absolute atomic E-state index is 12.0. The van der Waals surface area contributed by atoms with E-state index in [4.69, 9.17) is 23.2 Å². The second kappa shape index (κ2) is 7.73. The van der Waals surface area contributed by atoms with Crippen molar-refractivity contribution in [2.75, 3.05) is 12.9 Å². The second-order valence-corrected chi connectivity index (χ2v) is 6.52. The number of esters is 1. The summed E-state index contributed by atoms with van der Waals surface area (Å²) < 4.78 is 4.57. The number of nitrogens with zero attached hydrogens (tertiary/aromatic N) is 1. The first kappa shape index (κ1) is 17.7. The van der Waals surface area contributed by atoms with Gasteiger partial charge in [0.1, 0.15) is 0 Å². The molecule has 8 heteroatoms. The van der Waals surface area contributed by atoms with Crippen molar-refractivity contribution in [3.63, 3.8) is 0 Å². The largest absolute Gasteiger partial charge is 0.468 e. The van der Waals surface area contributed by atoms with Gasteiger partial charge >= 0.3 is 5.97 Å². The molecule has 1 aliphatic rings. The van der Waals surface area contributed by atoms with E-state index < -0.39 is 11.9 Å². The molecule has 0 aliphatic carbocycles. The number of allylic oxidation sites excluding steroid dienone is 1. The number of benzene rings is 1. The average Bonchev–Trinajstić information content (AvgIpc) is 2.52. The lowest BCUT2D eigenvalue weighted by molar-refractivity contribution is -0.137. The van der Waals surface area contributed by atoms with Gasteiger partial charge in [0.05, 0.1) is 29.5 Å². The van der Waals surface area contributed by atoms with Crippen molar-refractivity contribution in [3.05, 3.63) is 44.4 Å². The van der Waals surface area contributed by atoms with Crippen molar-refractivity contribution in [1.29, 1.82) is 5.26 Å². The highest BCUT2D eigenvalue weighted by atomic mass is 35.5. The first-order valence-electron chi connectivity index (χ1n) is 6.55. The molecule has 1 atom stereocenters. The molecule has 0 radical (unpaired) electrons. The second-order valence-electron chi connectivity index (χ2n) is 4.69. The van der Waals surface area contributed by atoms with Gasteiger partial charge in [0.25, 0.3) is 0 Å². The van der Waals surface area contributed by atoms with E-state index in [0.717, 1.165) is 11.8 Å². The molecule has 0 spiro atoms. The zero-order valence-electron chi connectivity index (χ0n) is 12.1. The van der Waals surface area contributed by atoms with Crippen LogP contribution in [-0.4, -0.2) is 24.7 Å². The van der Waals surface area contributed by atoms with Crippen molar-refractivity contribution in [2.45, 2.75) is 12.3 Å². The van der Waals surface area contributed by atoms with Crippen molar-refractivity contribution in [3.8, 4) is 6.07 Å². The van der Waals surface area contributed by atoms with Crippen LogP contribution >= 0.6 is 35.0 Å². The van der Waals surface area contributed by atoms with Crippen LogP contribution in [0.3, 0.4) is 0 Å². The normalized spacial score (nSPS) is 17.5. The Kier molecular flexibility index (Phi) is 5.94. The van der Waals surface area contributed by atoms with E-state index in [1.54, 1.807) is 18.2 Å². The third kappa shape index (κ3) is 4.20. The summed E-state index contributed by atoms with van der Waals surface area (Å²) in [7, 11) is 1.28. The van der Waals surface area contributed by atoms with Crippen LogP contribution in [0, 0.1) is 11.3 Å². The van der Waals surface area contributed by atoms with Gasteiger partial charge in [0, 0.05) is 22.4 Å². The lowest BCUT2D eigenvalue weighted by atomic mass is 9.87. The lowest BCUT2D eigenvalue weighted by Crippen LogP contribution is -2.31. The molecule has 1 amide bonds. The SMILES string of the molecule is COC(=O)CSC1=C(C#N)[C@@H](c2ccc(Cl)cc2Cl)CC(=O)N1. The van der Waals surface area contributed by atoms with Crippen molar-refractivity contribution in [2.24, 2.45) is 0 Å². The number of hydrogen-bond donors (Lipinski definition) is 1. The lowest BCUT2D eigenvalue weighted by Gasteiger charge is -2.25. The van der Waals surface area contributed by atoms with Crippen LogP contribution in [0.5, 0.6) is 0 Å². The minimum atomic E-state index is -0.473. The van der Waals surface area contributed by atoms with Crippen LogP contribution in [0.25, 0.3) is 0 Å². The van der Waals surface area contributed by atoms with Crippen molar-refractivity contribution in [1.82, 2.24) is 5.32 Å². The Hall–Kier alpha value is -1.68. The predicted molar refractivity (Wildman–Crippen MR) is 89.1 cm³/mol. The molecule has 0 saturated heterocycles. The Morgan fingerprint density at radius 1 is 1.52 bits per heavy atom. The van der Waals surface area contributed by atoms with Crippen LogP contribution in [0.1, 0.15) is 17.9 Å². The molecule has 120 valence electrons. The minimum Gasteiger partial charge on any atom is -0.468 e. The molecule has 0 aromatic heterocycles. The third-order valence-corrected chi connectivity index (χ3v) is 4.81.